The van der Waals surface area contributed by atoms with Crippen LogP contribution in [0.3, 0.4) is 0 Å². The van der Waals surface area contributed by atoms with E-state index in [9.17, 15) is 9.59 Å². The van der Waals surface area contributed by atoms with Gasteiger partial charge in [-0.1, -0.05) is 24.9 Å². The average Bonchev–Trinajstić information content (AvgIpc) is 2.69. The minimum Gasteiger partial charge on any atom is -0.486 e. The molecule has 0 aromatic heterocycles. The van der Waals surface area contributed by atoms with E-state index < -0.39 is 0 Å². The quantitative estimate of drug-likeness (QED) is 0.704. The van der Waals surface area contributed by atoms with E-state index >= 15 is 0 Å². The SMILES string of the molecule is CCCC(C)NC(=O)C1CCCN(CC(=O)Nc2cc3c(cc2Cl)OCCO3)C1. The number of carbonyl (C=O) groups excluding carboxylic acids is 2. The van der Waals surface area contributed by atoms with E-state index in [1.165, 1.54) is 0 Å². The summed E-state index contributed by atoms with van der Waals surface area (Å²) in [5.41, 5.74) is 0.501. The first-order chi connectivity index (χ1) is 14.0. The fourth-order valence-corrected chi connectivity index (χ4v) is 4.03. The highest BCUT2D eigenvalue weighted by atomic mass is 35.5. The molecule has 2 amide bonds. The van der Waals surface area contributed by atoms with Gasteiger partial charge in [-0.3, -0.25) is 14.5 Å². The van der Waals surface area contributed by atoms with Crippen molar-refractivity contribution in [3.8, 4) is 11.5 Å². The number of likely N-dealkylation sites (tertiary alicyclic amines) is 1. The van der Waals surface area contributed by atoms with Crippen LogP contribution in [0.5, 0.6) is 11.5 Å². The van der Waals surface area contributed by atoms with Crippen molar-refractivity contribution in [1.29, 1.82) is 0 Å². The van der Waals surface area contributed by atoms with E-state index in [0.29, 0.717) is 42.0 Å². The first-order valence-electron chi connectivity index (χ1n) is 10.4. The van der Waals surface area contributed by atoms with Crippen LogP contribution < -0.4 is 20.1 Å². The number of halogens is 1. The Bertz CT molecular complexity index is 743. The van der Waals surface area contributed by atoms with E-state index in [4.69, 9.17) is 21.1 Å². The van der Waals surface area contributed by atoms with Crippen molar-refractivity contribution in [2.24, 2.45) is 5.92 Å². The minimum absolute atomic E-state index is 0.0752. The lowest BCUT2D eigenvalue weighted by atomic mass is 9.96. The molecule has 2 atom stereocenters. The lowest BCUT2D eigenvalue weighted by molar-refractivity contribution is -0.128. The van der Waals surface area contributed by atoms with Gasteiger partial charge in [-0.15, -0.1) is 0 Å². The summed E-state index contributed by atoms with van der Waals surface area (Å²) in [6.45, 7) is 6.71. The molecule has 1 saturated heterocycles. The Kier molecular flexibility index (Phi) is 7.61. The molecule has 2 aliphatic rings. The summed E-state index contributed by atoms with van der Waals surface area (Å²) in [6, 6.07) is 3.53. The van der Waals surface area contributed by atoms with Crippen molar-refractivity contribution in [2.45, 2.75) is 45.6 Å². The van der Waals surface area contributed by atoms with Crippen molar-refractivity contribution in [3.63, 3.8) is 0 Å². The van der Waals surface area contributed by atoms with Crippen LogP contribution in [-0.4, -0.2) is 55.6 Å². The second-order valence-electron chi connectivity index (χ2n) is 7.80. The number of hydrogen-bond acceptors (Lipinski definition) is 5. The van der Waals surface area contributed by atoms with Crippen LogP contribution in [0.25, 0.3) is 0 Å². The van der Waals surface area contributed by atoms with Crippen molar-refractivity contribution < 1.29 is 19.1 Å². The normalized spacial score (nSPS) is 20.0. The van der Waals surface area contributed by atoms with E-state index in [0.717, 1.165) is 32.2 Å². The van der Waals surface area contributed by atoms with Crippen LogP contribution in [0.1, 0.15) is 39.5 Å². The molecule has 160 valence electrons. The van der Waals surface area contributed by atoms with Crippen LogP contribution in [0, 0.1) is 5.92 Å². The third kappa shape index (κ3) is 6.00. The second kappa shape index (κ2) is 10.2. The number of nitrogens with one attached hydrogen (secondary N) is 2. The Hall–Kier alpha value is -1.99. The second-order valence-corrected chi connectivity index (χ2v) is 8.20. The van der Waals surface area contributed by atoms with Crippen LogP contribution in [0.2, 0.25) is 5.02 Å². The number of ether oxygens (including phenoxy) is 2. The maximum Gasteiger partial charge on any atom is 0.238 e. The maximum atomic E-state index is 12.6. The lowest BCUT2D eigenvalue weighted by Gasteiger charge is -2.32. The molecular formula is C21H30ClN3O4. The zero-order chi connectivity index (χ0) is 20.8. The highest BCUT2D eigenvalue weighted by molar-refractivity contribution is 6.34. The van der Waals surface area contributed by atoms with Gasteiger partial charge in [-0.2, -0.15) is 0 Å². The topological polar surface area (TPSA) is 79.9 Å². The first-order valence-corrected chi connectivity index (χ1v) is 10.8. The summed E-state index contributed by atoms with van der Waals surface area (Å²) in [5, 5.41) is 6.35. The number of hydrogen-bond donors (Lipinski definition) is 2. The Morgan fingerprint density at radius 1 is 1.28 bits per heavy atom. The molecule has 0 radical (unpaired) electrons. The summed E-state index contributed by atoms with van der Waals surface area (Å²) in [6.07, 6.45) is 3.77. The number of anilines is 1. The van der Waals surface area contributed by atoms with Gasteiger partial charge in [0.2, 0.25) is 11.8 Å². The summed E-state index contributed by atoms with van der Waals surface area (Å²) in [7, 11) is 0. The Morgan fingerprint density at radius 2 is 2.00 bits per heavy atom. The van der Waals surface area contributed by atoms with E-state index in [2.05, 4.69) is 17.6 Å². The van der Waals surface area contributed by atoms with Crippen molar-refractivity contribution in [3.05, 3.63) is 17.2 Å². The first kappa shape index (κ1) is 21.7. The molecule has 0 spiro atoms. The summed E-state index contributed by atoms with van der Waals surface area (Å²) >= 11 is 6.27. The number of amides is 2. The molecule has 2 heterocycles. The predicted octanol–water partition coefficient (Wildman–Crippen LogP) is 3.07. The largest absolute Gasteiger partial charge is 0.486 e. The molecule has 1 aromatic carbocycles. The molecule has 8 heteroatoms. The Labute approximate surface area is 177 Å². The van der Waals surface area contributed by atoms with Gasteiger partial charge in [0.25, 0.3) is 0 Å². The molecule has 3 rings (SSSR count). The summed E-state index contributed by atoms with van der Waals surface area (Å²) < 4.78 is 11.0. The van der Waals surface area contributed by atoms with E-state index in [1.54, 1.807) is 12.1 Å². The number of piperidine rings is 1. The van der Waals surface area contributed by atoms with Crippen molar-refractivity contribution in [2.75, 3.05) is 38.2 Å². The molecule has 29 heavy (non-hydrogen) atoms. The zero-order valence-electron chi connectivity index (χ0n) is 17.1. The molecule has 2 aliphatic heterocycles. The summed E-state index contributed by atoms with van der Waals surface area (Å²) in [5.74, 6) is 1.01. The number of nitrogens with zero attached hydrogens (tertiary/aromatic N) is 1. The van der Waals surface area contributed by atoms with Crippen LogP contribution in [0.15, 0.2) is 12.1 Å². The van der Waals surface area contributed by atoms with Crippen molar-refractivity contribution in [1.82, 2.24) is 10.2 Å². The number of carbonyl (C=O) groups is 2. The predicted molar refractivity (Wildman–Crippen MR) is 113 cm³/mol. The average molecular weight is 424 g/mol. The standard InChI is InChI=1S/C21H30ClN3O4/c1-3-5-14(2)23-21(27)15-6-4-7-25(12-15)13-20(26)24-17-11-19-18(10-16(17)22)28-8-9-29-19/h10-11,14-15H,3-9,12-13H2,1-2H3,(H,23,27)(H,24,26). The zero-order valence-corrected chi connectivity index (χ0v) is 17.9. The fourth-order valence-electron chi connectivity index (χ4n) is 3.83. The van der Waals surface area contributed by atoms with Crippen LogP contribution in [-0.2, 0) is 9.59 Å². The maximum absolute atomic E-state index is 12.6. The van der Waals surface area contributed by atoms with Gasteiger partial charge < -0.3 is 20.1 Å². The van der Waals surface area contributed by atoms with Gasteiger partial charge in [-0.25, -0.2) is 0 Å². The molecule has 0 aliphatic carbocycles. The molecule has 0 saturated carbocycles. The van der Waals surface area contributed by atoms with Crippen LogP contribution >= 0.6 is 11.6 Å². The van der Waals surface area contributed by atoms with Gasteiger partial charge in [0.1, 0.15) is 13.2 Å². The van der Waals surface area contributed by atoms with Gasteiger partial charge in [0, 0.05) is 24.7 Å². The number of rotatable bonds is 7. The molecule has 2 unspecified atom stereocenters. The Morgan fingerprint density at radius 3 is 2.72 bits per heavy atom. The molecule has 1 aromatic rings. The summed E-state index contributed by atoms with van der Waals surface area (Å²) in [4.78, 5) is 27.1. The van der Waals surface area contributed by atoms with Gasteiger partial charge in [-0.05, 0) is 32.7 Å². The minimum atomic E-state index is -0.163. The molecule has 2 N–H and O–H groups in total. The smallest absolute Gasteiger partial charge is 0.238 e. The van der Waals surface area contributed by atoms with E-state index in [-0.39, 0.29) is 30.3 Å². The molecule has 7 nitrogen and oxygen atoms in total. The van der Waals surface area contributed by atoms with Crippen LogP contribution in [0.4, 0.5) is 5.69 Å². The highest BCUT2D eigenvalue weighted by Crippen LogP contribution is 2.37. The Balaban J connectivity index is 1.53. The lowest BCUT2D eigenvalue weighted by Crippen LogP contribution is -2.47. The van der Waals surface area contributed by atoms with Gasteiger partial charge in [0.15, 0.2) is 11.5 Å². The van der Waals surface area contributed by atoms with Gasteiger partial charge in [0.05, 0.1) is 23.2 Å². The number of benzene rings is 1. The molecule has 0 bridgehead atoms. The highest BCUT2D eigenvalue weighted by Gasteiger charge is 2.27. The van der Waals surface area contributed by atoms with E-state index in [1.807, 2.05) is 11.8 Å². The van der Waals surface area contributed by atoms with Gasteiger partial charge >= 0.3 is 0 Å². The molecule has 1 fully saturated rings. The third-order valence-corrected chi connectivity index (χ3v) is 5.57. The molecular weight excluding hydrogens is 394 g/mol. The fraction of sp³-hybridized carbons (Fsp3) is 0.619. The van der Waals surface area contributed by atoms with Crippen molar-refractivity contribution >= 4 is 29.1 Å². The third-order valence-electron chi connectivity index (χ3n) is 5.26. The number of fused-ring (bicyclic) bond motifs is 1. The monoisotopic (exact) mass is 423 g/mol.